The minimum Gasteiger partial charge on any atom is -0.384 e. The molecule has 4 nitrogen and oxygen atoms in total. The van der Waals surface area contributed by atoms with E-state index in [9.17, 15) is 0 Å². The molecule has 0 amide bonds. The summed E-state index contributed by atoms with van der Waals surface area (Å²) in [5, 5.41) is 12.4. The molecule has 0 unspecified atom stereocenters. The quantitative estimate of drug-likeness (QED) is 0.0707. The van der Waals surface area contributed by atoms with Gasteiger partial charge in [0.05, 0.1) is 33.4 Å². The number of benzene rings is 4. The van der Waals surface area contributed by atoms with Crippen molar-refractivity contribution in [3.05, 3.63) is 97.1 Å². The largest absolute Gasteiger partial charge is 0.384 e. The fraction of sp³-hybridized carbons (Fsp3) is 0.381. The Bertz CT molecular complexity index is 1580. The van der Waals surface area contributed by atoms with Gasteiger partial charge in [-0.15, -0.1) is 0 Å². The minimum absolute atomic E-state index is 1.02. The summed E-state index contributed by atoms with van der Waals surface area (Å²) in [4.78, 5) is 9.69. The predicted octanol–water partition coefficient (Wildman–Crippen LogP) is 12.1. The fourth-order valence-corrected chi connectivity index (χ4v) is 6.86. The molecule has 6 rings (SSSR count). The summed E-state index contributed by atoms with van der Waals surface area (Å²) >= 11 is 0. The molecule has 0 radical (unpaired) electrons. The smallest absolute Gasteiger partial charge is 0.0730 e. The highest BCUT2D eigenvalue weighted by atomic mass is 14.9. The van der Waals surface area contributed by atoms with Crippen molar-refractivity contribution in [2.75, 3.05) is 23.7 Å². The molecule has 0 aliphatic carbocycles. The van der Waals surface area contributed by atoms with E-state index in [0.717, 1.165) is 35.2 Å². The molecule has 0 aliphatic heterocycles. The Balaban J connectivity index is 0.769. The normalized spacial score (nSPS) is 11.6. The van der Waals surface area contributed by atoms with Gasteiger partial charge >= 0.3 is 0 Å². The molecule has 4 heteroatoms. The van der Waals surface area contributed by atoms with Gasteiger partial charge in [-0.1, -0.05) is 150 Å². The van der Waals surface area contributed by atoms with Gasteiger partial charge in [0, 0.05) is 34.6 Å². The van der Waals surface area contributed by atoms with Gasteiger partial charge < -0.3 is 10.6 Å². The van der Waals surface area contributed by atoms with E-state index in [2.05, 4.69) is 108 Å². The Hall–Kier alpha value is -4.18. The number of nitrogens with one attached hydrogen (secondary N) is 2. The number of nitrogens with zero attached hydrogens (tertiary/aromatic N) is 2. The number of para-hydroxylation sites is 4. The topological polar surface area (TPSA) is 49.8 Å². The predicted molar refractivity (Wildman–Crippen MR) is 200 cm³/mol. The van der Waals surface area contributed by atoms with Gasteiger partial charge in [0.25, 0.3) is 0 Å². The van der Waals surface area contributed by atoms with E-state index in [-0.39, 0.29) is 0 Å². The van der Waals surface area contributed by atoms with Crippen molar-refractivity contribution in [3.8, 4) is 0 Å². The molecule has 6 aromatic rings. The van der Waals surface area contributed by atoms with Crippen molar-refractivity contribution < 1.29 is 0 Å². The molecule has 0 spiro atoms. The molecular weight excluding hydrogens is 560 g/mol. The maximum atomic E-state index is 4.85. The number of hydrogen-bond acceptors (Lipinski definition) is 4. The molecular formula is C42H50N4. The Morgan fingerprint density at radius 1 is 0.304 bits per heavy atom. The lowest BCUT2D eigenvalue weighted by atomic mass is 10.0. The minimum atomic E-state index is 1.02. The maximum Gasteiger partial charge on any atom is 0.0730 e. The zero-order valence-electron chi connectivity index (χ0n) is 27.4. The van der Waals surface area contributed by atoms with E-state index in [0.29, 0.717) is 0 Å². The second kappa shape index (κ2) is 16.9. The summed E-state index contributed by atoms with van der Waals surface area (Å²) in [5.41, 5.74) is 6.74. The van der Waals surface area contributed by atoms with Gasteiger partial charge in [0.1, 0.15) is 0 Å². The summed E-state index contributed by atoms with van der Waals surface area (Å²) < 4.78 is 0. The standard InChI is InChI=1S/C42H50N4/c1(3-5-7-9-11-21-31-43-41-33-23-13-17-27-37(33)45-38-28-18-14-24-34(38)41)2-4-6-8-10-12-22-32-44-42-35-25-15-19-29-39(35)46-40-30-20-16-26-36(40)42/h13-20,23-30H,1-12,21-22,31-32H2,(H,43,45)(H,44,46). The third-order valence-corrected chi connectivity index (χ3v) is 9.38. The van der Waals surface area contributed by atoms with E-state index in [4.69, 9.17) is 9.97 Å². The van der Waals surface area contributed by atoms with E-state index < -0.39 is 0 Å². The number of anilines is 2. The van der Waals surface area contributed by atoms with Gasteiger partial charge in [0.15, 0.2) is 0 Å². The monoisotopic (exact) mass is 610 g/mol. The van der Waals surface area contributed by atoms with Crippen molar-refractivity contribution in [3.63, 3.8) is 0 Å². The zero-order chi connectivity index (χ0) is 31.2. The molecule has 4 aromatic carbocycles. The Labute approximate surface area is 275 Å². The van der Waals surface area contributed by atoms with E-state index in [1.54, 1.807) is 0 Å². The van der Waals surface area contributed by atoms with Crippen LogP contribution >= 0.6 is 0 Å². The third kappa shape index (κ3) is 8.34. The summed E-state index contributed by atoms with van der Waals surface area (Å²) in [6.45, 7) is 2.04. The van der Waals surface area contributed by atoms with Crippen LogP contribution in [0.15, 0.2) is 97.1 Å². The van der Waals surface area contributed by atoms with Crippen molar-refractivity contribution in [2.45, 2.75) is 89.9 Å². The first kappa shape index (κ1) is 31.8. The lowest BCUT2D eigenvalue weighted by Gasteiger charge is -2.13. The lowest BCUT2D eigenvalue weighted by molar-refractivity contribution is 0.536. The molecule has 0 fully saturated rings. The highest BCUT2D eigenvalue weighted by molar-refractivity contribution is 6.08. The summed E-state index contributed by atoms with van der Waals surface area (Å²) in [7, 11) is 0. The summed E-state index contributed by atoms with van der Waals surface area (Å²) in [6.07, 6.45) is 18.9. The van der Waals surface area contributed by atoms with Crippen molar-refractivity contribution in [1.82, 2.24) is 9.97 Å². The number of aromatic nitrogens is 2. The number of rotatable bonds is 19. The van der Waals surface area contributed by atoms with Crippen LogP contribution in [0.5, 0.6) is 0 Å². The number of pyridine rings is 2. The highest BCUT2D eigenvalue weighted by Gasteiger charge is 2.09. The first-order valence-electron chi connectivity index (χ1n) is 17.9. The van der Waals surface area contributed by atoms with Gasteiger partial charge in [-0.3, -0.25) is 0 Å². The maximum absolute atomic E-state index is 4.85. The van der Waals surface area contributed by atoms with Crippen molar-refractivity contribution in [1.29, 1.82) is 0 Å². The molecule has 0 atom stereocenters. The van der Waals surface area contributed by atoms with Gasteiger partial charge in [-0.2, -0.15) is 0 Å². The van der Waals surface area contributed by atoms with Gasteiger partial charge in [-0.05, 0) is 37.1 Å². The molecule has 46 heavy (non-hydrogen) atoms. The first-order valence-corrected chi connectivity index (χ1v) is 17.9. The lowest BCUT2D eigenvalue weighted by Crippen LogP contribution is -2.03. The fourth-order valence-electron chi connectivity index (χ4n) is 6.86. The van der Waals surface area contributed by atoms with Crippen LogP contribution in [-0.4, -0.2) is 23.1 Å². The SMILES string of the molecule is c1ccc2c(NCCCCCCCCCCCCCCCCNc3c4ccccc4nc4ccccc34)c3ccccc3nc2c1. The Morgan fingerprint density at radius 3 is 0.826 bits per heavy atom. The molecule has 238 valence electrons. The van der Waals surface area contributed by atoms with E-state index in [1.807, 2.05) is 0 Å². The van der Waals surface area contributed by atoms with Crippen LogP contribution in [0, 0.1) is 0 Å². The molecule has 0 saturated heterocycles. The van der Waals surface area contributed by atoms with Crippen LogP contribution in [-0.2, 0) is 0 Å². The van der Waals surface area contributed by atoms with Gasteiger partial charge in [-0.25, -0.2) is 9.97 Å². The van der Waals surface area contributed by atoms with Crippen LogP contribution in [0.2, 0.25) is 0 Å². The molecule has 0 bridgehead atoms. The van der Waals surface area contributed by atoms with Crippen LogP contribution in [0.1, 0.15) is 89.9 Å². The Kier molecular flexibility index (Phi) is 11.7. The average molecular weight is 611 g/mol. The van der Waals surface area contributed by atoms with Gasteiger partial charge in [0.2, 0.25) is 0 Å². The molecule has 2 heterocycles. The number of unbranched alkanes of at least 4 members (excludes halogenated alkanes) is 13. The molecule has 0 saturated carbocycles. The van der Waals surface area contributed by atoms with Crippen LogP contribution in [0.25, 0.3) is 43.6 Å². The second-order valence-corrected chi connectivity index (χ2v) is 12.8. The summed E-state index contributed by atoms with van der Waals surface area (Å²) in [5.74, 6) is 0. The number of hydrogen-bond donors (Lipinski definition) is 2. The third-order valence-electron chi connectivity index (χ3n) is 9.38. The van der Waals surface area contributed by atoms with Crippen LogP contribution in [0.4, 0.5) is 11.4 Å². The molecule has 0 aliphatic rings. The molecule has 2 aromatic heterocycles. The van der Waals surface area contributed by atoms with Crippen molar-refractivity contribution >= 4 is 55.0 Å². The van der Waals surface area contributed by atoms with Crippen molar-refractivity contribution in [2.24, 2.45) is 0 Å². The van der Waals surface area contributed by atoms with Crippen LogP contribution in [0.3, 0.4) is 0 Å². The average Bonchev–Trinajstić information content (AvgIpc) is 3.10. The van der Waals surface area contributed by atoms with Crippen LogP contribution < -0.4 is 10.6 Å². The van der Waals surface area contributed by atoms with E-state index >= 15 is 0 Å². The highest BCUT2D eigenvalue weighted by Crippen LogP contribution is 2.32. The Morgan fingerprint density at radius 2 is 0.543 bits per heavy atom. The zero-order valence-corrected chi connectivity index (χ0v) is 27.4. The number of fused-ring (bicyclic) bond motifs is 4. The molecule has 2 N–H and O–H groups in total. The van der Waals surface area contributed by atoms with E-state index in [1.165, 1.54) is 123 Å². The summed E-state index contributed by atoms with van der Waals surface area (Å²) in [6, 6.07) is 33.9. The first-order chi connectivity index (χ1) is 22.9. The second-order valence-electron chi connectivity index (χ2n) is 12.8.